The zero-order valence-electron chi connectivity index (χ0n) is 8.08. The molecule has 0 aliphatic carbocycles. The van der Waals surface area contributed by atoms with E-state index in [2.05, 4.69) is 27.0 Å². The molecule has 0 aliphatic rings. The number of nitrogens with zero attached hydrogens (tertiary/aromatic N) is 2. The lowest BCUT2D eigenvalue weighted by atomic mass is 10.2. The van der Waals surface area contributed by atoms with Crippen molar-refractivity contribution >= 4 is 38.9 Å². The molecule has 0 N–H and O–H groups in total. The van der Waals surface area contributed by atoms with E-state index in [0.29, 0.717) is 10.0 Å². The number of thiazole rings is 1. The normalized spacial score (nSPS) is 10.1. The molecule has 0 spiro atoms. The SMILES string of the molecule is N#CCc1nc(-c2ccccc2Br)sc1Cl. The number of rotatable bonds is 2. The Labute approximate surface area is 111 Å². The number of nitriles is 1. The number of hydrogen-bond acceptors (Lipinski definition) is 3. The van der Waals surface area contributed by atoms with Crippen LogP contribution in [0.25, 0.3) is 10.6 Å². The minimum Gasteiger partial charge on any atom is -0.238 e. The molecule has 1 aromatic heterocycles. The highest BCUT2D eigenvalue weighted by Gasteiger charge is 2.12. The third kappa shape index (κ3) is 2.27. The molecule has 5 heteroatoms. The topological polar surface area (TPSA) is 36.7 Å². The van der Waals surface area contributed by atoms with Gasteiger partial charge in [-0.15, -0.1) is 11.3 Å². The molecule has 0 bridgehead atoms. The Kier molecular flexibility index (Phi) is 3.59. The van der Waals surface area contributed by atoms with Crippen LogP contribution in [-0.2, 0) is 6.42 Å². The quantitative estimate of drug-likeness (QED) is 0.829. The van der Waals surface area contributed by atoms with Crippen LogP contribution in [0.3, 0.4) is 0 Å². The zero-order chi connectivity index (χ0) is 11.5. The summed E-state index contributed by atoms with van der Waals surface area (Å²) >= 11 is 10.9. The maximum absolute atomic E-state index is 8.63. The maximum Gasteiger partial charge on any atom is 0.126 e. The molecule has 80 valence electrons. The smallest absolute Gasteiger partial charge is 0.126 e. The van der Waals surface area contributed by atoms with E-state index in [0.717, 1.165) is 15.0 Å². The van der Waals surface area contributed by atoms with Crippen molar-refractivity contribution < 1.29 is 0 Å². The van der Waals surface area contributed by atoms with Crippen LogP contribution in [0, 0.1) is 11.3 Å². The second-order valence-electron chi connectivity index (χ2n) is 3.05. The molecule has 2 rings (SSSR count). The molecule has 0 saturated carbocycles. The molecule has 2 nitrogen and oxygen atoms in total. The van der Waals surface area contributed by atoms with Crippen molar-refractivity contribution in [3.05, 3.63) is 38.8 Å². The van der Waals surface area contributed by atoms with Gasteiger partial charge >= 0.3 is 0 Å². The van der Waals surface area contributed by atoms with Crippen LogP contribution >= 0.6 is 38.9 Å². The van der Waals surface area contributed by atoms with E-state index < -0.39 is 0 Å². The fourth-order valence-corrected chi connectivity index (χ4v) is 3.05. The second-order valence-corrected chi connectivity index (χ2v) is 5.51. The lowest BCUT2D eigenvalue weighted by Gasteiger charge is -1.98. The summed E-state index contributed by atoms with van der Waals surface area (Å²) in [5.74, 6) is 0. The van der Waals surface area contributed by atoms with E-state index in [9.17, 15) is 0 Å². The van der Waals surface area contributed by atoms with Crippen LogP contribution < -0.4 is 0 Å². The molecule has 0 radical (unpaired) electrons. The summed E-state index contributed by atoms with van der Waals surface area (Å²) in [6.07, 6.45) is 0.250. The Balaban J connectivity index is 2.46. The van der Waals surface area contributed by atoms with Crippen molar-refractivity contribution in [1.29, 1.82) is 5.26 Å². The van der Waals surface area contributed by atoms with E-state index in [1.165, 1.54) is 11.3 Å². The van der Waals surface area contributed by atoms with Gasteiger partial charge in [-0.2, -0.15) is 5.26 Å². The van der Waals surface area contributed by atoms with Crippen molar-refractivity contribution in [3.63, 3.8) is 0 Å². The average molecular weight is 314 g/mol. The second kappa shape index (κ2) is 4.96. The fourth-order valence-electron chi connectivity index (χ4n) is 1.27. The summed E-state index contributed by atoms with van der Waals surface area (Å²) in [4.78, 5) is 4.36. The molecule has 0 aliphatic heterocycles. The molecular formula is C11H6BrClN2S. The first-order chi connectivity index (χ1) is 7.72. The molecule has 0 unspecified atom stereocenters. The monoisotopic (exact) mass is 312 g/mol. The van der Waals surface area contributed by atoms with Crippen LogP contribution in [0.5, 0.6) is 0 Å². The summed E-state index contributed by atoms with van der Waals surface area (Å²) in [6, 6.07) is 9.86. The summed E-state index contributed by atoms with van der Waals surface area (Å²) < 4.78 is 1.57. The van der Waals surface area contributed by atoms with Crippen LogP contribution in [0.2, 0.25) is 4.34 Å². The molecule has 1 aromatic carbocycles. The highest BCUT2D eigenvalue weighted by molar-refractivity contribution is 9.10. The first kappa shape index (κ1) is 11.6. The van der Waals surface area contributed by atoms with Gasteiger partial charge in [0.15, 0.2) is 0 Å². The fraction of sp³-hybridized carbons (Fsp3) is 0.0909. The average Bonchev–Trinajstić information content (AvgIpc) is 2.61. The zero-order valence-corrected chi connectivity index (χ0v) is 11.2. The third-order valence-electron chi connectivity index (χ3n) is 2.00. The predicted octanol–water partition coefficient (Wildman–Crippen LogP) is 4.29. The van der Waals surface area contributed by atoms with Gasteiger partial charge in [0.05, 0.1) is 18.2 Å². The Morgan fingerprint density at radius 2 is 2.19 bits per heavy atom. The number of benzene rings is 1. The lowest BCUT2D eigenvalue weighted by molar-refractivity contribution is 1.16. The molecule has 2 aromatic rings. The third-order valence-corrected chi connectivity index (χ3v) is 4.06. The Morgan fingerprint density at radius 1 is 1.44 bits per heavy atom. The minimum atomic E-state index is 0.250. The van der Waals surface area contributed by atoms with Gasteiger partial charge in [-0.05, 0) is 6.07 Å². The van der Waals surface area contributed by atoms with Gasteiger partial charge in [-0.3, -0.25) is 0 Å². The van der Waals surface area contributed by atoms with E-state index >= 15 is 0 Å². The molecule has 1 heterocycles. The van der Waals surface area contributed by atoms with Gasteiger partial charge < -0.3 is 0 Å². The predicted molar refractivity (Wildman–Crippen MR) is 69.6 cm³/mol. The Morgan fingerprint density at radius 3 is 2.88 bits per heavy atom. The van der Waals surface area contributed by atoms with Crippen LogP contribution in [0.15, 0.2) is 28.7 Å². The van der Waals surface area contributed by atoms with Crippen LogP contribution in [0.4, 0.5) is 0 Å². The van der Waals surface area contributed by atoms with Crippen molar-refractivity contribution in [3.8, 4) is 16.6 Å². The minimum absolute atomic E-state index is 0.250. The lowest BCUT2D eigenvalue weighted by Crippen LogP contribution is -1.83. The number of halogens is 2. The van der Waals surface area contributed by atoms with E-state index in [-0.39, 0.29) is 6.42 Å². The highest BCUT2D eigenvalue weighted by atomic mass is 79.9. The molecule has 0 amide bonds. The molecular weight excluding hydrogens is 308 g/mol. The van der Waals surface area contributed by atoms with E-state index in [4.69, 9.17) is 16.9 Å². The summed E-state index contributed by atoms with van der Waals surface area (Å²) in [6.45, 7) is 0. The van der Waals surface area contributed by atoms with Crippen molar-refractivity contribution in [2.24, 2.45) is 0 Å². The summed E-state index contributed by atoms with van der Waals surface area (Å²) in [5, 5.41) is 9.46. The molecule has 16 heavy (non-hydrogen) atoms. The molecule has 0 saturated heterocycles. The van der Waals surface area contributed by atoms with Crippen molar-refractivity contribution in [1.82, 2.24) is 4.98 Å². The van der Waals surface area contributed by atoms with Gasteiger partial charge in [0.2, 0.25) is 0 Å². The summed E-state index contributed by atoms with van der Waals surface area (Å²) in [5.41, 5.74) is 1.65. The van der Waals surface area contributed by atoms with Gasteiger partial charge in [0, 0.05) is 10.0 Å². The largest absolute Gasteiger partial charge is 0.238 e. The van der Waals surface area contributed by atoms with Gasteiger partial charge in [-0.25, -0.2) is 4.98 Å². The molecule has 0 atom stereocenters. The van der Waals surface area contributed by atoms with E-state index in [1.54, 1.807) is 0 Å². The first-order valence-electron chi connectivity index (χ1n) is 4.49. The number of aromatic nitrogens is 1. The Hall–Kier alpha value is -0.890. The van der Waals surface area contributed by atoms with Gasteiger partial charge in [0.25, 0.3) is 0 Å². The first-order valence-corrected chi connectivity index (χ1v) is 6.48. The number of hydrogen-bond donors (Lipinski definition) is 0. The summed E-state index contributed by atoms with van der Waals surface area (Å²) in [7, 11) is 0. The highest BCUT2D eigenvalue weighted by Crippen LogP contribution is 2.35. The van der Waals surface area contributed by atoms with Gasteiger partial charge in [-0.1, -0.05) is 45.7 Å². The van der Waals surface area contributed by atoms with Crippen LogP contribution in [0.1, 0.15) is 5.69 Å². The van der Waals surface area contributed by atoms with Gasteiger partial charge in [0.1, 0.15) is 9.34 Å². The maximum atomic E-state index is 8.63. The van der Waals surface area contributed by atoms with E-state index in [1.807, 2.05) is 24.3 Å². The molecule has 0 fully saturated rings. The standard InChI is InChI=1S/C11H6BrClN2S/c12-8-4-2-1-3-7(8)11-15-9(5-6-14)10(13)16-11/h1-4H,5H2. The van der Waals surface area contributed by atoms with Crippen molar-refractivity contribution in [2.45, 2.75) is 6.42 Å². The Bertz CT molecular complexity index is 559. The van der Waals surface area contributed by atoms with Crippen LogP contribution in [-0.4, -0.2) is 4.98 Å². The van der Waals surface area contributed by atoms with Crippen molar-refractivity contribution in [2.75, 3.05) is 0 Å².